The van der Waals surface area contributed by atoms with E-state index in [0.29, 0.717) is 0 Å². The topological polar surface area (TPSA) is 17.8 Å². The minimum Gasteiger partial charge on any atom is -0.300 e. The Labute approximate surface area is 252 Å². The van der Waals surface area contributed by atoms with E-state index in [4.69, 9.17) is 4.98 Å². The van der Waals surface area contributed by atoms with Crippen LogP contribution in [0.15, 0.2) is 140 Å². The summed E-state index contributed by atoms with van der Waals surface area (Å²) in [6.45, 7) is 2.19. The van der Waals surface area contributed by atoms with E-state index in [0.717, 1.165) is 30.6 Å². The molecule has 1 aliphatic rings. The zero-order chi connectivity index (χ0) is 28.8. The van der Waals surface area contributed by atoms with Gasteiger partial charge in [-0.05, 0) is 86.0 Å². The molecule has 0 amide bonds. The molecule has 0 saturated heterocycles. The predicted octanol–water partition coefficient (Wildman–Crippen LogP) is 11.0. The van der Waals surface area contributed by atoms with Gasteiger partial charge in [-0.1, -0.05) is 128 Å². The Hall–Kier alpha value is -5.21. The summed E-state index contributed by atoms with van der Waals surface area (Å²) in [4.78, 5) is 4.93. The van der Waals surface area contributed by atoms with Gasteiger partial charge in [0.15, 0.2) is 0 Å². The smallest absolute Gasteiger partial charge is 0.113 e. The molecule has 7 aromatic rings. The van der Waals surface area contributed by atoms with Crippen LogP contribution in [-0.2, 0) is 6.42 Å². The Bertz CT molecular complexity index is 2140. The summed E-state index contributed by atoms with van der Waals surface area (Å²) >= 11 is 0. The third-order valence-electron chi connectivity index (χ3n) is 8.89. The summed E-state index contributed by atoms with van der Waals surface area (Å²) in [5.74, 6) is 1.13. The molecule has 2 heteroatoms. The Morgan fingerprint density at radius 2 is 1.09 bits per heavy atom. The van der Waals surface area contributed by atoms with Crippen LogP contribution in [-0.4, -0.2) is 9.55 Å². The van der Waals surface area contributed by atoms with E-state index in [1.54, 1.807) is 0 Å². The normalized spacial score (nSPS) is 13.4. The quantitative estimate of drug-likeness (QED) is 0.194. The SMILES string of the molecule is CCc1nc2ccccc2n1C1=CC=C(c2c3ccccc3c(-c3ccc(-c4ccccc4)cc3)c3ccccc23)CC1. The maximum atomic E-state index is 4.93. The minimum atomic E-state index is 0.908. The van der Waals surface area contributed by atoms with Crippen molar-refractivity contribution in [1.82, 2.24) is 9.55 Å². The standard InChI is InChI=1S/C41H32N2/c1-2-39-42-37-18-10-11-19-38(37)43(39)32-26-24-31(25-27-32)41-35-16-8-6-14-33(35)40(34-15-7-9-17-36(34)41)30-22-20-29(21-23-30)28-12-4-3-5-13-28/h3-24,26H,2,25,27H2,1H3. The predicted molar refractivity (Wildman–Crippen MR) is 183 cm³/mol. The van der Waals surface area contributed by atoms with Gasteiger partial charge in [0.05, 0.1) is 11.0 Å². The molecule has 0 spiro atoms. The van der Waals surface area contributed by atoms with Crippen molar-refractivity contribution in [2.75, 3.05) is 0 Å². The molecule has 0 fully saturated rings. The van der Waals surface area contributed by atoms with Gasteiger partial charge in [-0.25, -0.2) is 4.98 Å². The van der Waals surface area contributed by atoms with Crippen LogP contribution < -0.4 is 0 Å². The number of allylic oxidation sites excluding steroid dienone is 4. The number of benzene rings is 6. The van der Waals surface area contributed by atoms with E-state index in [2.05, 4.69) is 151 Å². The van der Waals surface area contributed by atoms with Crippen LogP contribution in [0.25, 0.3) is 66.1 Å². The Morgan fingerprint density at radius 1 is 0.535 bits per heavy atom. The van der Waals surface area contributed by atoms with Crippen LogP contribution >= 0.6 is 0 Å². The van der Waals surface area contributed by atoms with Crippen LogP contribution in [0.5, 0.6) is 0 Å². The minimum absolute atomic E-state index is 0.908. The first-order chi connectivity index (χ1) is 21.3. The molecule has 1 aliphatic carbocycles. The van der Waals surface area contributed by atoms with Crippen molar-refractivity contribution in [3.63, 3.8) is 0 Å². The van der Waals surface area contributed by atoms with Crippen molar-refractivity contribution in [2.45, 2.75) is 26.2 Å². The van der Waals surface area contributed by atoms with Crippen LogP contribution in [0, 0.1) is 0 Å². The first-order valence-corrected chi connectivity index (χ1v) is 15.3. The van der Waals surface area contributed by atoms with Gasteiger partial charge in [-0.3, -0.25) is 0 Å². The Kier molecular flexibility index (Phi) is 6.26. The van der Waals surface area contributed by atoms with Crippen LogP contribution in [0.3, 0.4) is 0 Å². The van der Waals surface area contributed by atoms with E-state index in [1.807, 2.05) is 0 Å². The van der Waals surface area contributed by atoms with Gasteiger partial charge in [0.1, 0.15) is 5.82 Å². The van der Waals surface area contributed by atoms with Crippen molar-refractivity contribution < 1.29 is 0 Å². The highest BCUT2D eigenvalue weighted by Crippen LogP contribution is 2.44. The molecule has 43 heavy (non-hydrogen) atoms. The monoisotopic (exact) mass is 552 g/mol. The summed E-state index contributed by atoms with van der Waals surface area (Å²) in [6, 6.07) is 46.1. The Morgan fingerprint density at radius 3 is 1.72 bits per heavy atom. The van der Waals surface area contributed by atoms with E-state index in [1.165, 1.54) is 66.1 Å². The van der Waals surface area contributed by atoms with Gasteiger partial charge in [0, 0.05) is 12.1 Å². The molecule has 0 N–H and O–H groups in total. The number of imidazole rings is 1. The molecule has 1 heterocycles. The number of nitrogens with zero attached hydrogens (tertiary/aromatic N) is 2. The molecule has 6 aromatic carbocycles. The van der Waals surface area contributed by atoms with Gasteiger partial charge in [0.25, 0.3) is 0 Å². The average Bonchev–Trinajstić information content (AvgIpc) is 3.47. The van der Waals surface area contributed by atoms with Crippen LogP contribution in [0.4, 0.5) is 0 Å². The second kappa shape index (κ2) is 10.6. The lowest BCUT2D eigenvalue weighted by Gasteiger charge is -2.22. The fourth-order valence-corrected chi connectivity index (χ4v) is 6.90. The first-order valence-electron chi connectivity index (χ1n) is 15.3. The molecule has 8 rings (SSSR count). The largest absolute Gasteiger partial charge is 0.300 e. The zero-order valence-electron chi connectivity index (χ0n) is 24.3. The maximum absolute atomic E-state index is 4.93. The molecular weight excluding hydrogens is 520 g/mol. The number of fused-ring (bicyclic) bond motifs is 3. The molecule has 0 radical (unpaired) electrons. The molecule has 0 unspecified atom stereocenters. The number of aryl methyl sites for hydroxylation is 1. The summed E-state index contributed by atoms with van der Waals surface area (Å²) in [5, 5.41) is 5.23. The van der Waals surface area contributed by atoms with Gasteiger partial charge < -0.3 is 4.57 Å². The van der Waals surface area contributed by atoms with E-state index in [-0.39, 0.29) is 0 Å². The van der Waals surface area contributed by atoms with Crippen LogP contribution in [0.2, 0.25) is 0 Å². The van der Waals surface area contributed by atoms with Gasteiger partial charge in [-0.2, -0.15) is 0 Å². The summed E-state index contributed by atoms with van der Waals surface area (Å²) in [6.07, 6.45) is 7.55. The van der Waals surface area contributed by atoms with Crippen molar-refractivity contribution >= 4 is 43.8 Å². The molecule has 2 nitrogen and oxygen atoms in total. The fraction of sp³-hybridized carbons (Fsp3) is 0.0976. The third kappa shape index (κ3) is 4.30. The van der Waals surface area contributed by atoms with Crippen molar-refractivity contribution in [3.05, 3.63) is 151 Å². The lowest BCUT2D eigenvalue weighted by atomic mass is 9.83. The molecule has 0 saturated carbocycles. The molecular formula is C41H32N2. The fourth-order valence-electron chi connectivity index (χ4n) is 6.90. The van der Waals surface area contributed by atoms with E-state index >= 15 is 0 Å². The van der Waals surface area contributed by atoms with E-state index < -0.39 is 0 Å². The van der Waals surface area contributed by atoms with Gasteiger partial charge in [0.2, 0.25) is 0 Å². The zero-order valence-corrected chi connectivity index (χ0v) is 24.3. The molecule has 206 valence electrons. The van der Waals surface area contributed by atoms with E-state index in [9.17, 15) is 0 Å². The molecule has 0 aliphatic heterocycles. The highest BCUT2D eigenvalue weighted by molar-refractivity contribution is 6.19. The summed E-state index contributed by atoms with van der Waals surface area (Å²) in [7, 11) is 0. The number of hydrogen-bond donors (Lipinski definition) is 0. The number of rotatable bonds is 5. The summed E-state index contributed by atoms with van der Waals surface area (Å²) < 4.78 is 2.38. The van der Waals surface area contributed by atoms with Crippen molar-refractivity contribution in [2.24, 2.45) is 0 Å². The maximum Gasteiger partial charge on any atom is 0.113 e. The lowest BCUT2D eigenvalue weighted by molar-refractivity contribution is 0.877. The first kappa shape index (κ1) is 25.5. The van der Waals surface area contributed by atoms with Crippen molar-refractivity contribution in [1.29, 1.82) is 0 Å². The number of aromatic nitrogens is 2. The molecule has 0 bridgehead atoms. The molecule has 0 atom stereocenters. The number of hydrogen-bond acceptors (Lipinski definition) is 1. The highest BCUT2D eigenvalue weighted by atomic mass is 15.1. The second-order valence-corrected chi connectivity index (χ2v) is 11.3. The van der Waals surface area contributed by atoms with Crippen LogP contribution in [0.1, 0.15) is 31.2 Å². The summed E-state index contributed by atoms with van der Waals surface area (Å²) in [5.41, 5.74) is 11.4. The van der Waals surface area contributed by atoms with Crippen molar-refractivity contribution in [3.8, 4) is 22.3 Å². The van der Waals surface area contributed by atoms with Gasteiger partial charge >= 0.3 is 0 Å². The lowest BCUT2D eigenvalue weighted by Crippen LogP contribution is -2.05. The number of para-hydroxylation sites is 2. The second-order valence-electron chi connectivity index (χ2n) is 11.3. The molecule has 1 aromatic heterocycles. The highest BCUT2D eigenvalue weighted by Gasteiger charge is 2.21. The third-order valence-corrected chi connectivity index (χ3v) is 8.89. The Balaban J connectivity index is 1.29. The average molecular weight is 553 g/mol. The van der Waals surface area contributed by atoms with Gasteiger partial charge in [-0.15, -0.1) is 0 Å².